The van der Waals surface area contributed by atoms with Crippen molar-refractivity contribution in [1.29, 1.82) is 0 Å². The van der Waals surface area contributed by atoms with Crippen LogP contribution in [0.1, 0.15) is 19.8 Å². The molecule has 1 fully saturated rings. The summed E-state index contributed by atoms with van der Waals surface area (Å²) >= 11 is 5.84. The van der Waals surface area contributed by atoms with Gasteiger partial charge in [0.25, 0.3) is 0 Å². The van der Waals surface area contributed by atoms with E-state index in [1.54, 1.807) is 0 Å². The van der Waals surface area contributed by atoms with Crippen molar-refractivity contribution in [2.75, 3.05) is 32.0 Å². The topological polar surface area (TPSA) is 63.2 Å². The smallest absolute Gasteiger partial charge is 0.322 e. The summed E-state index contributed by atoms with van der Waals surface area (Å²) in [6.07, 6.45) is 2.13. The van der Waals surface area contributed by atoms with Gasteiger partial charge in [-0.25, -0.2) is 0 Å². The Morgan fingerprint density at radius 2 is 2.06 bits per heavy atom. The third-order valence-corrected chi connectivity index (χ3v) is 3.03. The van der Waals surface area contributed by atoms with Gasteiger partial charge in [0.1, 0.15) is 6.10 Å². The molecule has 0 aromatic carbocycles. The first-order valence-corrected chi connectivity index (χ1v) is 6.56. The fraction of sp³-hybridized carbons (Fsp3) is 0.727. The van der Waals surface area contributed by atoms with Gasteiger partial charge in [-0.1, -0.05) is 0 Å². The predicted octanol–water partition coefficient (Wildman–Crippen LogP) is 1.43. The summed E-state index contributed by atoms with van der Waals surface area (Å²) in [5, 5.41) is 3.15. The van der Waals surface area contributed by atoms with Crippen LogP contribution in [0.15, 0.2) is 0 Å². The molecule has 0 unspecified atom stereocenters. The maximum absolute atomic E-state index is 5.84. The molecular formula is C11H18ClN5O. The minimum atomic E-state index is 0.156. The van der Waals surface area contributed by atoms with Crippen LogP contribution in [-0.4, -0.2) is 52.6 Å². The number of rotatable bonds is 4. The molecule has 0 aliphatic carbocycles. The summed E-state index contributed by atoms with van der Waals surface area (Å²) in [7, 11) is 2.11. The largest absolute Gasteiger partial charge is 0.460 e. The Bertz CT molecular complexity index is 395. The minimum absolute atomic E-state index is 0.156. The van der Waals surface area contributed by atoms with Gasteiger partial charge in [0.15, 0.2) is 0 Å². The van der Waals surface area contributed by atoms with Crippen molar-refractivity contribution in [3.63, 3.8) is 0 Å². The number of hydrogen-bond acceptors (Lipinski definition) is 6. The summed E-state index contributed by atoms with van der Waals surface area (Å²) in [6, 6.07) is 0.306. The van der Waals surface area contributed by atoms with Crippen LogP contribution in [-0.2, 0) is 0 Å². The average Bonchev–Trinajstić information content (AvgIpc) is 2.32. The van der Waals surface area contributed by atoms with Gasteiger partial charge in [-0.2, -0.15) is 15.0 Å². The van der Waals surface area contributed by atoms with Gasteiger partial charge in [-0.15, -0.1) is 0 Å². The first kappa shape index (κ1) is 13.3. The number of nitrogens with zero attached hydrogens (tertiary/aromatic N) is 4. The summed E-state index contributed by atoms with van der Waals surface area (Å²) in [6.45, 7) is 4.76. The molecule has 0 bridgehead atoms. The van der Waals surface area contributed by atoms with Crippen molar-refractivity contribution in [2.45, 2.75) is 25.9 Å². The standard InChI is InChI=1S/C11H18ClN5O/c1-3-13-10-14-9(12)15-11(16-10)18-8-4-6-17(2)7-5-8/h8H,3-7H2,1-2H3,(H,13,14,15,16). The molecule has 1 saturated heterocycles. The van der Waals surface area contributed by atoms with Gasteiger partial charge < -0.3 is 15.0 Å². The third-order valence-electron chi connectivity index (χ3n) is 2.86. The highest BCUT2D eigenvalue weighted by atomic mass is 35.5. The molecule has 1 aromatic rings. The fourth-order valence-electron chi connectivity index (χ4n) is 1.87. The Hall–Kier alpha value is -1.14. The van der Waals surface area contributed by atoms with Crippen LogP contribution in [0.3, 0.4) is 0 Å². The maximum atomic E-state index is 5.84. The summed E-state index contributed by atoms with van der Waals surface area (Å²) < 4.78 is 5.76. The van der Waals surface area contributed by atoms with Crippen LogP contribution in [0, 0.1) is 0 Å². The second kappa shape index (κ2) is 6.15. The van der Waals surface area contributed by atoms with Gasteiger partial charge in [0.05, 0.1) is 0 Å². The molecule has 1 aromatic heterocycles. The van der Waals surface area contributed by atoms with Crippen LogP contribution >= 0.6 is 11.6 Å². The Morgan fingerprint density at radius 1 is 1.33 bits per heavy atom. The van der Waals surface area contributed by atoms with Crippen molar-refractivity contribution in [1.82, 2.24) is 19.9 Å². The molecule has 0 saturated carbocycles. The van der Waals surface area contributed by atoms with Crippen molar-refractivity contribution < 1.29 is 4.74 Å². The molecule has 7 heteroatoms. The molecule has 100 valence electrons. The van der Waals surface area contributed by atoms with Gasteiger partial charge in [-0.3, -0.25) is 0 Å². The zero-order valence-corrected chi connectivity index (χ0v) is 11.4. The zero-order chi connectivity index (χ0) is 13.0. The van der Waals surface area contributed by atoms with Crippen molar-refractivity contribution in [2.24, 2.45) is 0 Å². The molecule has 0 amide bonds. The van der Waals surface area contributed by atoms with E-state index in [9.17, 15) is 0 Å². The quantitative estimate of drug-likeness (QED) is 0.894. The van der Waals surface area contributed by atoms with E-state index < -0.39 is 0 Å². The first-order chi connectivity index (χ1) is 8.67. The van der Waals surface area contributed by atoms with E-state index in [0.717, 1.165) is 32.5 Å². The van der Waals surface area contributed by atoms with E-state index in [1.165, 1.54) is 0 Å². The normalized spacial score (nSPS) is 17.7. The van der Waals surface area contributed by atoms with Crippen LogP contribution in [0.2, 0.25) is 5.28 Å². The number of likely N-dealkylation sites (tertiary alicyclic amines) is 1. The summed E-state index contributed by atoms with van der Waals surface area (Å²) in [5.74, 6) is 0.459. The van der Waals surface area contributed by atoms with Crippen LogP contribution < -0.4 is 10.1 Å². The van der Waals surface area contributed by atoms with Crippen LogP contribution in [0.25, 0.3) is 0 Å². The van der Waals surface area contributed by atoms with Crippen molar-refractivity contribution >= 4 is 17.5 Å². The fourth-order valence-corrected chi connectivity index (χ4v) is 2.03. The maximum Gasteiger partial charge on any atom is 0.322 e. The van der Waals surface area contributed by atoms with Crippen LogP contribution in [0.4, 0.5) is 5.95 Å². The number of aromatic nitrogens is 3. The van der Waals surface area contributed by atoms with E-state index in [2.05, 4.69) is 32.2 Å². The highest BCUT2D eigenvalue weighted by molar-refractivity contribution is 6.28. The zero-order valence-electron chi connectivity index (χ0n) is 10.7. The molecule has 0 spiro atoms. The SMILES string of the molecule is CCNc1nc(Cl)nc(OC2CCN(C)CC2)n1. The molecule has 2 heterocycles. The predicted molar refractivity (Wildman–Crippen MR) is 70.1 cm³/mol. The molecule has 2 rings (SSSR count). The number of hydrogen-bond donors (Lipinski definition) is 1. The Kier molecular flexibility index (Phi) is 4.54. The Balaban J connectivity index is 2.00. The van der Waals surface area contributed by atoms with Crippen molar-refractivity contribution in [3.8, 4) is 6.01 Å². The Labute approximate surface area is 112 Å². The Morgan fingerprint density at radius 3 is 2.72 bits per heavy atom. The highest BCUT2D eigenvalue weighted by Crippen LogP contribution is 2.17. The molecule has 18 heavy (non-hydrogen) atoms. The number of nitrogens with one attached hydrogen (secondary N) is 1. The van der Waals surface area contributed by atoms with E-state index in [4.69, 9.17) is 16.3 Å². The molecule has 0 radical (unpaired) electrons. The van der Waals surface area contributed by atoms with Crippen LogP contribution in [0.5, 0.6) is 6.01 Å². The van der Waals surface area contributed by atoms with Gasteiger partial charge in [0, 0.05) is 19.6 Å². The second-order valence-electron chi connectivity index (χ2n) is 4.36. The van der Waals surface area contributed by atoms with Gasteiger partial charge in [0.2, 0.25) is 11.2 Å². The molecule has 0 atom stereocenters. The molecular weight excluding hydrogens is 254 g/mol. The number of ether oxygens (including phenoxy) is 1. The average molecular weight is 272 g/mol. The lowest BCUT2D eigenvalue weighted by Crippen LogP contribution is -2.36. The van der Waals surface area contributed by atoms with E-state index in [0.29, 0.717) is 12.0 Å². The monoisotopic (exact) mass is 271 g/mol. The third kappa shape index (κ3) is 3.68. The van der Waals surface area contributed by atoms with E-state index in [1.807, 2.05) is 6.92 Å². The van der Waals surface area contributed by atoms with Gasteiger partial charge in [-0.05, 0) is 38.4 Å². The molecule has 1 N–H and O–H groups in total. The molecule has 1 aliphatic heterocycles. The lowest BCUT2D eigenvalue weighted by Gasteiger charge is -2.28. The summed E-state index contributed by atoms with van der Waals surface area (Å²) in [5.41, 5.74) is 0. The van der Waals surface area contributed by atoms with Crippen molar-refractivity contribution in [3.05, 3.63) is 5.28 Å². The number of halogens is 1. The van der Waals surface area contributed by atoms with Gasteiger partial charge >= 0.3 is 6.01 Å². The highest BCUT2D eigenvalue weighted by Gasteiger charge is 2.19. The van der Waals surface area contributed by atoms with E-state index >= 15 is 0 Å². The number of piperidine rings is 1. The van der Waals surface area contributed by atoms with E-state index in [-0.39, 0.29) is 11.4 Å². The number of anilines is 1. The summed E-state index contributed by atoms with van der Waals surface area (Å²) in [4.78, 5) is 14.4. The molecule has 6 nitrogen and oxygen atoms in total. The lowest BCUT2D eigenvalue weighted by atomic mass is 10.1. The first-order valence-electron chi connectivity index (χ1n) is 6.18. The minimum Gasteiger partial charge on any atom is -0.460 e. The lowest BCUT2D eigenvalue weighted by molar-refractivity contribution is 0.105. The molecule has 1 aliphatic rings. The second-order valence-corrected chi connectivity index (χ2v) is 4.70.